The van der Waals surface area contributed by atoms with E-state index in [4.69, 9.17) is 9.84 Å². The molecule has 3 heteroatoms. The third-order valence-corrected chi connectivity index (χ3v) is 2.93. The van der Waals surface area contributed by atoms with Crippen LogP contribution in [-0.4, -0.2) is 49.0 Å². The Morgan fingerprint density at radius 1 is 1.62 bits per heavy atom. The number of methoxy groups -OCH3 is 1. The first-order chi connectivity index (χ1) is 6.29. The zero-order valence-corrected chi connectivity index (χ0v) is 8.70. The Labute approximate surface area is 80.7 Å². The molecule has 1 aliphatic heterocycles. The molecule has 1 saturated heterocycles. The maximum atomic E-state index is 8.75. The minimum atomic E-state index is 0.296. The third-order valence-electron chi connectivity index (χ3n) is 2.93. The molecule has 78 valence electrons. The van der Waals surface area contributed by atoms with Gasteiger partial charge in [-0.2, -0.15) is 0 Å². The molecule has 1 aliphatic rings. The maximum Gasteiger partial charge on any atom is 0.0698 e. The number of nitrogens with zero attached hydrogens (tertiary/aromatic N) is 1. The van der Waals surface area contributed by atoms with Gasteiger partial charge in [-0.1, -0.05) is 0 Å². The van der Waals surface area contributed by atoms with Crippen LogP contribution in [0.5, 0.6) is 0 Å². The first-order valence-electron chi connectivity index (χ1n) is 5.17. The molecule has 0 amide bonds. The zero-order valence-electron chi connectivity index (χ0n) is 8.70. The van der Waals surface area contributed by atoms with Gasteiger partial charge in [0, 0.05) is 26.3 Å². The molecule has 0 bridgehead atoms. The smallest absolute Gasteiger partial charge is 0.0698 e. The minimum absolute atomic E-state index is 0.296. The summed E-state index contributed by atoms with van der Waals surface area (Å²) in [5, 5.41) is 8.75. The number of aliphatic hydroxyl groups is 1. The van der Waals surface area contributed by atoms with Crippen LogP contribution < -0.4 is 0 Å². The van der Waals surface area contributed by atoms with E-state index < -0.39 is 0 Å². The van der Waals surface area contributed by atoms with E-state index in [1.165, 1.54) is 19.4 Å². The van der Waals surface area contributed by atoms with Gasteiger partial charge in [-0.05, 0) is 32.7 Å². The van der Waals surface area contributed by atoms with Gasteiger partial charge in [-0.15, -0.1) is 0 Å². The highest BCUT2D eigenvalue weighted by Gasteiger charge is 2.28. The molecule has 2 atom stereocenters. The van der Waals surface area contributed by atoms with Crippen LogP contribution in [0.4, 0.5) is 0 Å². The lowest BCUT2D eigenvalue weighted by Gasteiger charge is -2.28. The van der Waals surface area contributed by atoms with Crippen LogP contribution in [0.3, 0.4) is 0 Å². The van der Waals surface area contributed by atoms with Crippen LogP contribution in [-0.2, 0) is 4.74 Å². The Kier molecular flexibility index (Phi) is 4.70. The zero-order chi connectivity index (χ0) is 9.68. The molecule has 0 aromatic carbocycles. The highest BCUT2D eigenvalue weighted by atomic mass is 16.5. The number of hydrogen-bond acceptors (Lipinski definition) is 3. The van der Waals surface area contributed by atoms with Gasteiger partial charge in [0.15, 0.2) is 0 Å². The number of likely N-dealkylation sites (tertiary alicyclic amines) is 1. The lowest BCUT2D eigenvalue weighted by molar-refractivity contribution is 0.0419. The Bertz CT molecular complexity index is 141. The number of aliphatic hydroxyl groups excluding tert-OH is 1. The van der Waals surface area contributed by atoms with Crippen molar-refractivity contribution < 1.29 is 9.84 Å². The van der Waals surface area contributed by atoms with Gasteiger partial charge >= 0.3 is 0 Å². The molecule has 1 rings (SSSR count). The van der Waals surface area contributed by atoms with Gasteiger partial charge in [-0.25, -0.2) is 0 Å². The first kappa shape index (κ1) is 11.0. The lowest BCUT2D eigenvalue weighted by Crippen LogP contribution is -2.39. The third kappa shape index (κ3) is 2.93. The summed E-state index contributed by atoms with van der Waals surface area (Å²) in [6.45, 7) is 4.60. The predicted molar refractivity (Wildman–Crippen MR) is 52.8 cm³/mol. The van der Waals surface area contributed by atoms with E-state index in [1.54, 1.807) is 7.11 Å². The van der Waals surface area contributed by atoms with Crippen LogP contribution in [0.2, 0.25) is 0 Å². The standard InChI is InChI=1S/C10H21NO2/c1-9(13-2)10-5-3-6-11(10)7-4-8-12/h9-10,12H,3-8H2,1-2H3. The van der Waals surface area contributed by atoms with Gasteiger partial charge in [-0.3, -0.25) is 4.90 Å². The summed E-state index contributed by atoms with van der Waals surface area (Å²) >= 11 is 0. The van der Waals surface area contributed by atoms with Crippen LogP contribution in [0, 0.1) is 0 Å². The molecule has 0 radical (unpaired) electrons. The van der Waals surface area contributed by atoms with Gasteiger partial charge in [0.25, 0.3) is 0 Å². The number of ether oxygens (including phenoxy) is 1. The van der Waals surface area contributed by atoms with E-state index >= 15 is 0 Å². The molecule has 0 aliphatic carbocycles. The molecular formula is C10H21NO2. The second-order valence-electron chi connectivity index (χ2n) is 3.76. The first-order valence-corrected chi connectivity index (χ1v) is 5.17. The molecule has 0 saturated carbocycles. The summed E-state index contributed by atoms with van der Waals surface area (Å²) in [7, 11) is 1.77. The Morgan fingerprint density at radius 3 is 3.00 bits per heavy atom. The molecule has 1 N–H and O–H groups in total. The summed E-state index contributed by atoms with van der Waals surface area (Å²) in [5.74, 6) is 0. The van der Waals surface area contributed by atoms with Crippen molar-refractivity contribution in [1.82, 2.24) is 4.90 Å². The van der Waals surface area contributed by atoms with Crippen LogP contribution in [0.15, 0.2) is 0 Å². The molecule has 3 nitrogen and oxygen atoms in total. The molecule has 2 unspecified atom stereocenters. The molecular weight excluding hydrogens is 166 g/mol. The van der Waals surface area contributed by atoms with Crippen molar-refractivity contribution in [1.29, 1.82) is 0 Å². The Morgan fingerprint density at radius 2 is 2.38 bits per heavy atom. The van der Waals surface area contributed by atoms with Crippen molar-refractivity contribution in [3.8, 4) is 0 Å². The van der Waals surface area contributed by atoms with Crippen LogP contribution in [0.25, 0.3) is 0 Å². The fourth-order valence-electron chi connectivity index (χ4n) is 2.09. The van der Waals surface area contributed by atoms with E-state index in [2.05, 4.69) is 11.8 Å². The monoisotopic (exact) mass is 187 g/mol. The highest BCUT2D eigenvalue weighted by molar-refractivity contribution is 4.83. The van der Waals surface area contributed by atoms with Crippen molar-refractivity contribution in [2.24, 2.45) is 0 Å². The van der Waals surface area contributed by atoms with Crippen molar-refractivity contribution in [3.63, 3.8) is 0 Å². The molecule has 1 fully saturated rings. The number of rotatable bonds is 5. The minimum Gasteiger partial charge on any atom is -0.396 e. The summed E-state index contributed by atoms with van der Waals surface area (Å²) in [6, 6.07) is 0.566. The fourth-order valence-corrected chi connectivity index (χ4v) is 2.09. The molecule has 13 heavy (non-hydrogen) atoms. The summed E-state index contributed by atoms with van der Waals surface area (Å²) in [6.07, 6.45) is 3.71. The SMILES string of the molecule is COC(C)C1CCCN1CCCO. The van der Waals surface area contributed by atoms with Gasteiger partial charge in [0.1, 0.15) is 0 Å². The molecule has 0 aromatic rings. The van der Waals surface area contributed by atoms with Crippen molar-refractivity contribution >= 4 is 0 Å². The van der Waals surface area contributed by atoms with Crippen molar-refractivity contribution in [2.45, 2.75) is 38.3 Å². The Balaban J connectivity index is 2.34. The maximum absolute atomic E-state index is 8.75. The topological polar surface area (TPSA) is 32.7 Å². The van der Waals surface area contributed by atoms with E-state index in [-0.39, 0.29) is 0 Å². The Hall–Kier alpha value is -0.120. The van der Waals surface area contributed by atoms with E-state index in [1.807, 2.05) is 0 Å². The van der Waals surface area contributed by atoms with Gasteiger partial charge < -0.3 is 9.84 Å². The summed E-state index contributed by atoms with van der Waals surface area (Å²) in [5.41, 5.74) is 0. The normalized spacial score (nSPS) is 26.5. The quantitative estimate of drug-likeness (QED) is 0.693. The van der Waals surface area contributed by atoms with Crippen molar-refractivity contribution in [2.75, 3.05) is 26.8 Å². The van der Waals surface area contributed by atoms with Crippen molar-refractivity contribution in [3.05, 3.63) is 0 Å². The highest BCUT2D eigenvalue weighted by Crippen LogP contribution is 2.21. The summed E-state index contributed by atoms with van der Waals surface area (Å²) in [4.78, 5) is 2.43. The van der Waals surface area contributed by atoms with Gasteiger partial charge in [0.2, 0.25) is 0 Å². The predicted octanol–water partition coefficient (Wildman–Crippen LogP) is 0.868. The fraction of sp³-hybridized carbons (Fsp3) is 1.00. The van der Waals surface area contributed by atoms with E-state index in [0.29, 0.717) is 18.8 Å². The molecule has 0 aromatic heterocycles. The summed E-state index contributed by atoms with van der Waals surface area (Å²) < 4.78 is 5.34. The second kappa shape index (κ2) is 5.58. The average Bonchev–Trinajstić information content (AvgIpc) is 2.61. The van der Waals surface area contributed by atoms with E-state index in [0.717, 1.165) is 13.0 Å². The second-order valence-corrected chi connectivity index (χ2v) is 3.76. The van der Waals surface area contributed by atoms with Crippen LogP contribution >= 0.6 is 0 Å². The largest absolute Gasteiger partial charge is 0.396 e. The van der Waals surface area contributed by atoms with Gasteiger partial charge in [0.05, 0.1) is 6.10 Å². The lowest BCUT2D eigenvalue weighted by atomic mass is 10.1. The number of hydrogen-bond donors (Lipinski definition) is 1. The van der Waals surface area contributed by atoms with Crippen LogP contribution in [0.1, 0.15) is 26.2 Å². The average molecular weight is 187 g/mol. The molecule has 0 spiro atoms. The van der Waals surface area contributed by atoms with E-state index in [9.17, 15) is 0 Å². The molecule has 1 heterocycles.